The Bertz CT molecular complexity index is 1100. The fraction of sp³-hybridized carbons (Fsp3) is 0.480. The smallest absolute Gasteiger partial charge is 0.166 e. The molecule has 4 rings (SSSR count). The minimum absolute atomic E-state index is 0.177. The quantitative estimate of drug-likeness (QED) is 0.312. The van der Waals surface area contributed by atoms with Crippen LogP contribution in [0.15, 0.2) is 40.6 Å². The lowest BCUT2D eigenvalue weighted by atomic mass is 10.0. The van der Waals surface area contributed by atoms with Gasteiger partial charge >= 0.3 is 0 Å². The summed E-state index contributed by atoms with van der Waals surface area (Å²) in [5.74, 6) is 0.643. The average molecular weight is 494 g/mol. The Balaban J connectivity index is 1.39. The molecule has 0 atom stereocenters. The van der Waals surface area contributed by atoms with Gasteiger partial charge in [0.25, 0.3) is 0 Å². The Morgan fingerprint density at radius 1 is 1.26 bits per heavy atom. The number of nitrogens with one attached hydrogen (secondary N) is 2. The number of aromatic nitrogens is 2. The number of ether oxygens (including phenoxy) is 1. The van der Waals surface area contributed by atoms with Crippen LogP contribution in [0.2, 0.25) is 0 Å². The number of aliphatic imine (C=N–C) groups is 2. The molecule has 10 heteroatoms. The van der Waals surface area contributed by atoms with Crippen LogP contribution in [0.25, 0.3) is 22.3 Å². The number of likely N-dealkylation sites (tertiary alicyclic amines) is 1. The largest absolute Gasteiger partial charge is 0.704 e. The highest BCUT2D eigenvalue weighted by molar-refractivity contribution is 8.26. The van der Waals surface area contributed by atoms with Crippen molar-refractivity contribution < 1.29 is 4.74 Å². The molecule has 0 saturated carbocycles. The van der Waals surface area contributed by atoms with Gasteiger partial charge in [-0.15, -0.1) is 0 Å². The van der Waals surface area contributed by atoms with Crippen molar-refractivity contribution in [2.24, 2.45) is 21.6 Å². The van der Waals surface area contributed by atoms with Gasteiger partial charge in [-0.1, -0.05) is 0 Å². The van der Waals surface area contributed by atoms with Gasteiger partial charge in [0, 0.05) is 43.7 Å². The maximum absolute atomic E-state index is 8.31. The molecule has 0 aliphatic carbocycles. The van der Waals surface area contributed by atoms with E-state index in [0.717, 1.165) is 43.4 Å². The van der Waals surface area contributed by atoms with Crippen LogP contribution in [0.3, 0.4) is 0 Å². The van der Waals surface area contributed by atoms with E-state index in [0.29, 0.717) is 40.3 Å². The van der Waals surface area contributed by atoms with E-state index in [-0.39, 0.29) is 5.92 Å². The van der Waals surface area contributed by atoms with Gasteiger partial charge in [0.2, 0.25) is 0 Å². The lowest BCUT2D eigenvalue weighted by molar-refractivity contribution is 0.0833. The zero-order valence-electron chi connectivity index (χ0n) is 19.9. The molecule has 2 fully saturated rings. The van der Waals surface area contributed by atoms with Crippen molar-refractivity contribution in [2.75, 3.05) is 39.4 Å². The molecule has 0 radical (unpaired) electrons. The summed E-state index contributed by atoms with van der Waals surface area (Å²) in [5.41, 5.74) is 16.8. The summed E-state index contributed by atoms with van der Waals surface area (Å²) < 4.78 is 5.37. The van der Waals surface area contributed by atoms with Gasteiger partial charge < -0.3 is 21.1 Å². The van der Waals surface area contributed by atoms with E-state index in [2.05, 4.69) is 24.9 Å². The Kier molecular flexibility index (Phi) is 9.21. The fourth-order valence-electron chi connectivity index (χ4n) is 4.26. The van der Waals surface area contributed by atoms with Gasteiger partial charge in [0.15, 0.2) is 11.0 Å². The lowest BCUT2D eigenvalue weighted by Gasteiger charge is -2.21. The summed E-state index contributed by atoms with van der Waals surface area (Å²) in [4.78, 5) is 20.5. The van der Waals surface area contributed by atoms with Crippen LogP contribution >= 0.6 is 11.8 Å². The molecule has 0 amide bonds. The maximum Gasteiger partial charge on any atom is 0.166 e. The zero-order valence-corrected chi connectivity index (χ0v) is 20.8. The summed E-state index contributed by atoms with van der Waals surface area (Å²) >= 11 is 1.18. The predicted molar refractivity (Wildman–Crippen MR) is 146 cm³/mol. The van der Waals surface area contributed by atoms with Crippen LogP contribution in [0.4, 0.5) is 5.82 Å². The molecule has 35 heavy (non-hydrogen) atoms. The van der Waals surface area contributed by atoms with Crippen molar-refractivity contribution in [1.82, 2.24) is 14.9 Å². The monoisotopic (exact) mass is 493 g/mol. The molecule has 0 aromatic carbocycles. The third kappa shape index (κ3) is 7.33. The van der Waals surface area contributed by atoms with E-state index >= 15 is 0 Å². The number of nitrogens with two attached hydrogens (primary N) is 1. The summed E-state index contributed by atoms with van der Waals surface area (Å²) in [5, 5.41) is 9.12. The van der Waals surface area contributed by atoms with Crippen molar-refractivity contribution in [1.29, 1.82) is 5.41 Å². The predicted octanol–water partition coefficient (Wildman–Crippen LogP) is 4.66. The Morgan fingerprint density at radius 3 is 2.83 bits per heavy atom. The zero-order chi connectivity index (χ0) is 24.5. The maximum atomic E-state index is 8.31. The number of thioether (sulfide) groups is 1. The summed E-state index contributed by atoms with van der Waals surface area (Å²) in [6.07, 6.45) is 10.1. The Hall–Kier alpha value is -2.82. The number of hydrogen-bond acceptors (Lipinski definition) is 8. The van der Waals surface area contributed by atoms with Crippen molar-refractivity contribution in [3.63, 3.8) is 0 Å². The Morgan fingerprint density at radius 2 is 2.06 bits per heavy atom. The van der Waals surface area contributed by atoms with E-state index in [4.69, 9.17) is 21.6 Å². The third-order valence-electron chi connectivity index (χ3n) is 6.23. The van der Waals surface area contributed by atoms with Gasteiger partial charge in [0.1, 0.15) is 0 Å². The van der Waals surface area contributed by atoms with Crippen LogP contribution in [0.1, 0.15) is 37.7 Å². The average Bonchev–Trinajstić information content (AvgIpc) is 3.40. The van der Waals surface area contributed by atoms with Gasteiger partial charge in [-0.3, -0.25) is 15.4 Å². The molecule has 0 spiro atoms. The number of hydrogen-bond donors (Lipinski definition) is 2. The molecule has 4 N–H and O–H groups in total. The topological polar surface area (TPSA) is 137 Å². The van der Waals surface area contributed by atoms with Crippen molar-refractivity contribution in [3.8, 4) is 0 Å². The van der Waals surface area contributed by atoms with E-state index < -0.39 is 0 Å². The number of rotatable bonds is 8. The molecule has 2 aliphatic heterocycles. The standard InChI is InChI=1S/C25H33N8OS/c26-15-20(16-29-8-3-11-33-9-1-2-10-33)19-14-22-21(30-17-19)4-5-23(31-22)32-25(28)35-24(27)18-6-12-34-13-7-18/h4-5,14-18,26-27H,1-3,6-13H2,(H2,28,31,32)/q-1/b20-15+,27-24?,29-16?. The molecule has 2 saturated heterocycles. The normalized spacial score (nSPS) is 18.6. The highest BCUT2D eigenvalue weighted by Crippen LogP contribution is 2.24. The highest BCUT2D eigenvalue weighted by Gasteiger charge is 2.20. The summed E-state index contributed by atoms with van der Waals surface area (Å²) in [7, 11) is 0. The minimum Gasteiger partial charge on any atom is -0.704 e. The molecule has 2 aromatic rings. The van der Waals surface area contributed by atoms with Gasteiger partial charge in [-0.25, -0.2) is 9.98 Å². The third-order valence-corrected chi connectivity index (χ3v) is 7.09. The summed E-state index contributed by atoms with van der Waals surface area (Å²) in [6, 6.07) is 5.51. The van der Waals surface area contributed by atoms with Crippen molar-refractivity contribution in [3.05, 3.63) is 41.9 Å². The SMILES string of the molecule is N=C(SC(N)=Nc1ccc2ncc(/C(C=NCCCN3CCCC3)=C/[NH-])cc2n1)C1CCOCC1. The fourth-order valence-corrected chi connectivity index (χ4v) is 5.02. The number of nitrogens with zero attached hydrogens (tertiary/aromatic N) is 5. The van der Waals surface area contributed by atoms with Crippen LogP contribution in [-0.2, 0) is 4.74 Å². The van der Waals surface area contributed by atoms with E-state index in [1.54, 1.807) is 18.5 Å². The number of allylic oxidation sites excluding steroid dienone is 1. The van der Waals surface area contributed by atoms with E-state index in [1.807, 2.05) is 12.1 Å². The van der Waals surface area contributed by atoms with Crippen LogP contribution in [-0.4, -0.2) is 70.7 Å². The minimum atomic E-state index is 0.177. The highest BCUT2D eigenvalue weighted by atomic mass is 32.2. The first-order valence-electron chi connectivity index (χ1n) is 12.2. The van der Waals surface area contributed by atoms with Gasteiger partial charge in [-0.05, 0) is 87.3 Å². The molecule has 186 valence electrons. The van der Waals surface area contributed by atoms with Crippen LogP contribution in [0.5, 0.6) is 0 Å². The number of pyridine rings is 2. The Labute approximate surface area is 210 Å². The second-order valence-electron chi connectivity index (χ2n) is 8.77. The van der Waals surface area contributed by atoms with E-state index in [1.165, 1.54) is 43.9 Å². The molecular weight excluding hydrogens is 460 g/mol. The first-order chi connectivity index (χ1) is 17.1. The van der Waals surface area contributed by atoms with E-state index in [9.17, 15) is 0 Å². The number of amidine groups is 1. The lowest BCUT2D eigenvalue weighted by Crippen LogP contribution is -2.23. The van der Waals surface area contributed by atoms with Crippen LogP contribution < -0.4 is 5.73 Å². The molecule has 2 aromatic heterocycles. The van der Waals surface area contributed by atoms with Gasteiger partial charge in [0.05, 0.1) is 16.1 Å². The second kappa shape index (κ2) is 12.8. The first kappa shape index (κ1) is 25.3. The van der Waals surface area contributed by atoms with Crippen molar-refractivity contribution >= 4 is 50.6 Å². The first-order valence-corrected chi connectivity index (χ1v) is 13.0. The molecule has 2 aliphatic rings. The molecule has 4 heterocycles. The summed E-state index contributed by atoms with van der Waals surface area (Å²) in [6.45, 7) is 5.59. The van der Waals surface area contributed by atoms with Crippen molar-refractivity contribution in [2.45, 2.75) is 32.1 Å². The van der Waals surface area contributed by atoms with Gasteiger partial charge in [-0.2, -0.15) is 6.20 Å². The second-order valence-corrected chi connectivity index (χ2v) is 9.83. The van der Waals surface area contributed by atoms with Crippen LogP contribution in [0, 0.1) is 11.3 Å². The molecule has 9 nitrogen and oxygen atoms in total. The number of fused-ring (bicyclic) bond motifs is 1. The molecular formula is C25H33N8OS-. The molecule has 0 bridgehead atoms. The molecule has 0 unspecified atom stereocenters.